The summed E-state index contributed by atoms with van der Waals surface area (Å²) < 4.78 is 35.9. The van der Waals surface area contributed by atoms with Crippen molar-refractivity contribution >= 4 is 31.7 Å². The maximum Gasteiger partial charge on any atom is 0.252 e. The van der Waals surface area contributed by atoms with Crippen molar-refractivity contribution in [2.45, 2.75) is 12.5 Å². The van der Waals surface area contributed by atoms with E-state index in [1.807, 2.05) is 0 Å². The summed E-state index contributed by atoms with van der Waals surface area (Å²) in [6.07, 6.45) is 0.404. The first-order valence-corrected chi connectivity index (χ1v) is 7.96. The smallest absolute Gasteiger partial charge is 0.252 e. The van der Waals surface area contributed by atoms with Crippen molar-refractivity contribution in [3.8, 4) is 0 Å². The van der Waals surface area contributed by atoms with Crippen molar-refractivity contribution in [2.24, 2.45) is 0 Å². The largest absolute Gasteiger partial charge is 0.348 e. The van der Waals surface area contributed by atoms with Gasteiger partial charge in [-0.2, -0.15) is 0 Å². The van der Waals surface area contributed by atoms with E-state index in [0.29, 0.717) is 6.42 Å². The summed E-state index contributed by atoms with van der Waals surface area (Å²) in [5.74, 6) is -0.960. The van der Waals surface area contributed by atoms with Gasteiger partial charge in [0.25, 0.3) is 5.91 Å². The Morgan fingerprint density at radius 1 is 1.44 bits per heavy atom. The highest BCUT2D eigenvalue weighted by atomic mass is 79.9. The molecule has 1 aromatic carbocycles. The molecule has 1 atom stereocenters. The van der Waals surface area contributed by atoms with Crippen LogP contribution >= 0.6 is 15.9 Å². The van der Waals surface area contributed by atoms with Crippen molar-refractivity contribution in [3.63, 3.8) is 0 Å². The van der Waals surface area contributed by atoms with Gasteiger partial charge in [0.2, 0.25) is 0 Å². The molecule has 0 aromatic heterocycles. The highest BCUT2D eigenvalue weighted by molar-refractivity contribution is 9.10. The second-order valence-corrected chi connectivity index (χ2v) is 7.20. The zero-order valence-electron chi connectivity index (χ0n) is 9.32. The van der Waals surface area contributed by atoms with E-state index in [1.54, 1.807) is 0 Å². The predicted octanol–water partition coefficient (Wildman–Crippen LogP) is 1.51. The Morgan fingerprint density at radius 3 is 2.78 bits per heavy atom. The normalized spacial score (nSPS) is 21.8. The number of halogens is 2. The van der Waals surface area contributed by atoms with Crippen molar-refractivity contribution in [2.75, 3.05) is 11.5 Å². The molecule has 0 aliphatic carbocycles. The number of hydrogen-bond donors (Lipinski definition) is 1. The van der Waals surface area contributed by atoms with Crippen LogP contribution in [0.1, 0.15) is 16.8 Å². The van der Waals surface area contributed by atoms with Crippen molar-refractivity contribution in [1.82, 2.24) is 5.32 Å². The van der Waals surface area contributed by atoms with Crippen molar-refractivity contribution in [3.05, 3.63) is 34.1 Å². The van der Waals surface area contributed by atoms with Crippen LogP contribution in [0.5, 0.6) is 0 Å². The highest BCUT2D eigenvalue weighted by Gasteiger charge is 2.29. The molecule has 7 heteroatoms. The maximum absolute atomic E-state index is 13.3. The molecule has 0 saturated carbocycles. The van der Waals surface area contributed by atoms with Gasteiger partial charge in [0.1, 0.15) is 5.82 Å². The Bertz CT molecular complexity index is 588. The van der Waals surface area contributed by atoms with E-state index in [9.17, 15) is 17.6 Å². The van der Waals surface area contributed by atoms with Crippen LogP contribution in [0.2, 0.25) is 0 Å². The lowest BCUT2D eigenvalue weighted by Gasteiger charge is -2.11. The van der Waals surface area contributed by atoms with Crippen molar-refractivity contribution < 1.29 is 17.6 Å². The third-order valence-corrected chi connectivity index (χ3v) is 5.34. The Morgan fingerprint density at radius 2 is 2.17 bits per heavy atom. The van der Waals surface area contributed by atoms with E-state index < -0.39 is 27.6 Å². The minimum Gasteiger partial charge on any atom is -0.348 e. The van der Waals surface area contributed by atoms with Gasteiger partial charge in [-0.1, -0.05) is 6.07 Å². The molecule has 0 radical (unpaired) electrons. The fourth-order valence-electron chi connectivity index (χ4n) is 1.85. The van der Waals surface area contributed by atoms with Crippen LogP contribution in [0.4, 0.5) is 4.39 Å². The molecule has 1 heterocycles. The van der Waals surface area contributed by atoms with Crippen LogP contribution in [0.15, 0.2) is 22.7 Å². The van der Waals surface area contributed by atoms with Gasteiger partial charge in [-0.3, -0.25) is 4.79 Å². The number of rotatable bonds is 2. The summed E-state index contributed by atoms with van der Waals surface area (Å²) in [5.41, 5.74) is 0.166. The zero-order valence-corrected chi connectivity index (χ0v) is 11.7. The molecular weight excluding hydrogens is 325 g/mol. The molecule has 1 N–H and O–H groups in total. The van der Waals surface area contributed by atoms with Crippen LogP contribution in [0, 0.1) is 5.82 Å². The lowest BCUT2D eigenvalue weighted by atomic mass is 10.2. The SMILES string of the molecule is O=C(NC1CCS(=O)(=O)C1)c1cccc(F)c1Br. The zero-order chi connectivity index (χ0) is 13.3. The third-order valence-electron chi connectivity index (χ3n) is 2.76. The Balaban J connectivity index is 2.11. The lowest BCUT2D eigenvalue weighted by molar-refractivity contribution is 0.0940. The van der Waals surface area contributed by atoms with Gasteiger partial charge in [0.15, 0.2) is 9.84 Å². The van der Waals surface area contributed by atoms with E-state index in [1.165, 1.54) is 18.2 Å². The Hall–Kier alpha value is -0.950. The molecule has 18 heavy (non-hydrogen) atoms. The van der Waals surface area contributed by atoms with Gasteiger partial charge in [-0.05, 0) is 34.5 Å². The van der Waals surface area contributed by atoms with E-state index in [-0.39, 0.29) is 21.5 Å². The minimum absolute atomic E-state index is 0.0499. The van der Waals surface area contributed by atoms with Gasteiger partial charge >= 0.3 is 0 Å². The summed E-state index contributed by atoms with van der Waals surface area (Å²) in [6, 6.07) is 3.76. The highest BCUT2D eigenvalue weighted by Crippen LogP contribution is 2.21. The number of benzene rings is 1. The third kappa shape index (κ3) is 2.89. The first-order chi connectivity index (χ1) is 8.39. The second kappa shape index (κ2) is 4.97. The number of carbonyl (C=O) groups is 1. The molecule has 98 valence electrons. The topological polar surface area (TPSA) is 63.2 Å². The first-order valence-electron chi connectivity index (χ1n) is 5.34. The van der Waals surface area contributed by atoms with E-state index in [4.69, 9.17) is 0 Å². The molecule has 2 rings (SSSR count). The molecule has 0 spiro atoms. The molecule has 4 nitrogen and oxygen atoms in total. The summed E-state index contributed by atoms with van der Waals surface area (Å²) in [4.78, 5) is 11.9. The minimum atomic E-state index is -3.04. The molecule has 0 bridgehead atoms. The molecular formula is C11H11BrFNO3S. The lowest BCUT2D eigenvalue weighted by Crippen LogP contribution is -2.35. The number of sulfone groups is 1. The molecule has 1 aliphatic rings. The number of nitrogens with one attached hydrogen (secondary N) is 1. The van der Waals surface area contributed by atoms with E-state index in [0.717, 1.165) is 0 Å². The van der Waals surface area contributed by atoms with Crippen LogP contribution in [-0.2, 0) is 9.84 Å². The molecule has 1 aliphatic heterocycles. The molecule has 1 saturated heterocycles. The molecule has 1 amide bonds. The van der Waals surface area contributed by atoms with Crippen LogP contribution in [0.25, 0.3) is 0 Å². The summed E-state index contributed by atoms with van der Waals surface area (Å²) in [5, 5.41) is 2.60. The first kappa shape index (κ1) is 13.5. The Kier molecular flexibility index (Phi) is 3.72. The average molecular weight is 336 g/mol. The number of carbonyl (C=O) groups excluding carboxylic acids is 1. The van der Waals surface area contributed by atoms with Crippen LogP contribution in [-0.4, -0.2) is 31.9 Å². The van der Waals surface area contributed by atoms with Crippen LogP contribution < -0.4 is 5.32 Å². The fourth-order valence-corrected chi connectivity index (χ4v) is 3.97. The molecule has 1 fully saturated rings. The average Bonchev–Trinajstić information content (AvgIpc) is 2.62. The fraction of sp³-hybridized carbons (Fsp3) is 0.364. The van der Waals surface area contributed by atoms with Crippen LogP contribution in [0.3, 0.4) is 0 Å². The van der Waals surface area contributed by atoms with E-state index in [2.05, 4.69) is 21.2 Å². The van der Waals surface area contributed by atoms with Crippen molar-refractivity contribution in [1.29, 1.82) is 0 Å². The monoisotopic (exact) mass is 335 g/mol. The molecule has 1 unspecified atom stereocenters. The summed E-state index contributed by atoms with van der Waals surface area (Å²) >= 11 is 3.00. The molecule has 1 aromatic rings. The number of amides is 1. The Labute approximate surface area is 113 Å². The van der Waals surface area contributed by atoms with Gasteiger partial charge in [0, 0.05) is 6.04 Å². The maximum atomic E-state index is 13.3. The predicted molar refractivity (Wildman–Crippen MR) is 68.6 cm³/mol. The summed E-state index contributed by atoms with van der Waals surface area (Å²) in [6.45, 7) is 0. The number of hydrogen-bond acceptors (Lipinski definition) is 3. The van der Waals surface area contributed by atoms with Gasteiger partial charge in [-0.25, -0.2) is 12.8 Å². The summed E-state index contributed by atoms with van der Waals surface area (Å²) in [7, 11) is -3.04. The quantitative estimate of drug-likeness (QED) is 0.890. The van der Waals surface area contributed by atoms with Gasteiger partial charge in [-0.15, -0.1) is 0 Å². The van der Waals surface area contributed by atoms with Gasteiger partial charge < -0.3 is 5.32 Å². The standard InChI is InChI=1S/C11H11BrFNO3S/c12-10-8(2-1-3-9(10)13)11(15)14-7-4-5-18(16,17)6-7/h1-3,7H,4-6H2,(H,14,15). The second-order valence-electron chi connectivity index (χ2n) is 4.17. The van der Waals surface area contributed by atoms with Gasteiger partial charge in [0.05, 0.1) is 21.5 Å². The van der Waals surface area contributed by atoms with E-state index >= 15 is 0 Å².